The van der Waals surface area contributed by atoms with Gasteiger partial charge in [-0.25, -0.2) is 13.4 Å². The first-order chi connectivity index (χ1) is 12.5. The van der Waals surface area contributed by atoms with Crippen LogP contribution in [0.4, 0.5) is 5.82 Å². The van der Waals surface area contributed by atoms with E-state index in [0.29, 0.717) is 16.9 Å². The number of anilines is 1. The van der Waals surface area contributed by atoms with Crippen LogP contribution in [0.15, 0.2) is 35.4 Å². The summed E-state index contributed by atoms with van der Waals surface area (Å²) >= 11 is 0. The molecule has 0 bridgehead atoms. The smallest absolute Gasteiger partial charge is 0.263 e. The summed E-state index contributed by atoms with van der Waals surface area (Å²) in [5.41, 5.74) is 3.54. The molecular formula is C18H17N5O2S. The zero-order valence-corrected chi connectivity index (χ0v) is 15.0. The molecule has 1 aromatic carbocycles. The van der Waals surface area contributed by atoms with Crippen LogP contribution in [0.3, 0.4) is 0 Å². The quantitative estimate of drug-likeness (QED) is 0.767. The van der Waals surface area contributed by atoms with Gasteiger partial charge in [-0.15, -0.1) is 0 Å². The zero-order valence-electron chi connectivity index (χ0n) is 14.2. The molecule has 1 aliphatic rings. The van der Waals surface area contributed by atoms with Crippen LogP contribution in [0.25, 0.3) is 5.65 Å². The van der Waals surface area contributed by atoms with Gasteiger partial charge in [0.2, 0.25) is 0 Å². The van der Waals surface area contributed by atoms with Crippen molar-refractivity contribution in [3.8, 4) is 6.07 Å². The summed E-state index contributed by atoms with van der Waals surface area (Å²) in [4.78, 5) is 4.50. The van der Waals surface area contributed by atoms with Gasteiger partial charge < -0.3 is 0 Å². The van der Waals surface area contributed by atoms with Crippen molar-refractivity contribution in [2.45, 2.75) is 37.5 Å². The third kappa shape index (κ3) is 2.80. The molecule has 0 spiro atoms. The molecule has 8 heteroatoms. The Morgan fingerprint density at radius 3 is 2.73 bits per heavy atom. The molecule has 2 aromatic heterocycles. The number of hydrogen-bond donors (Lipinski definition) is 1. The Bertz CT molecular complexity index is 1160. The van der Waals surface area contributed by atoms with Gasteiger partial charge in [0.25, 0.3) is 10.0 Å². The van der Waals surface area contributed by atoms with Gasteiger partial charge in [0, 0.05) is 11.8 Å². The Balaban J connectivity index is 1.76. The van der Waals surface area contributed by atoms with E-state index >= 15 is 0 Å². The lowest BCUT2D eigenvalue weighted by atomic mass is 9.92. The maximum Gasteiger partial charge on any atom is 0.263 e. The molecule has 0 saturated heterocycles. The molecule has 3 aromatic rings. The summed E-state index contributed by atoms with van der Waals surface area (Å²) in [6, 6.07) is 8.90. The van der Waals surface area contributed by atoms with Gasteiger partial charge in [0.15, 0.2) is 5.65 Å². The fraction of sp³-hybridized carbons (Fsp3) is 0.278. The van der Waals surface area contributed by atoms with Crippen LogP contribution in [0, 0.1) is 18.3 Å². The van der Waals surface area contributed by atoms with E-state index in [1.807, 2.05) is 12.1 Å². The highest BCUT2D eigenvalue weighted by Crippen LogP contribution is 2.25. The average molecular weight is 367 g/mol. The number of nitrogens with zero attached hydrogens (tertiary/aromatic N) is 4. The molecule has 1 N–H and O–H groups in total. The minimum absolute atomic E-state index is 0.230. The van der Waals surface area contributed by atoms with Gasteiger partial charge in [-0.1, -0.05) is 6.07 Å². The molecule has 0 amide bonds. The van der Waals surface area contributed by atoms with Crippen molar-refractivity contribution in [2.75, 3.05) is 4.72 Å². The second kappa shape index (κ2) is 6.11. The molecule has 0 unspecified atom stereocenters. The Labute approximate surface area is 151 Å². The van der Waals surface area contributed by atoms with E-state index in [1.54, 1.807) is 25.1 Å². The number of aryl methyl sites for hydroxylation is 3. The molecule has 0 aliphatic heterocycles. The van der Waals surface area contributed by atoms with E-state index in [-0.39, 0.29) is 10.7 Å². The van der Waals surface area contributed by atoms with Gasteiger partial charge in [0.1, 0.15) is 17.5 Å². The number of fused-ring (bicyclic) bond motifs is 2. The molecule has 4 rings (SSSR count). The fourth-order valence-electron chi connectivity index (χ4n) is 3.31. The highest BCUT2D eigenvalue weighted by atomic mass is 32.2. The lowest BCUT2D eigenvalue weighted by Crippen LogP contribution is -2.17. The molecule has 2 heterocycles. The Morgan fingerprint density at radius 2 is 1.96 bits per heavy atom. The third-order valence-corrected chi connectivity index (χ3v) is 5.94. The van der Waals surface area contributed by atoms with Crippen molar-refractivity contribution in [3.05, 3.63) is 52.8 Å². The molecule has 0 fully saturated rings. The second-order valence-electron chi connectivity index (χ2n) is 6.43. The Morgan fingerprint density at radius 1 is 1.19 bits per heavy atom. The van der Waals surface area contributed by atoms with Crippen molar-refractivity contribution in [2.24, 2.45) is 0 Å². The maximum atomic E-state index is 12.9. The summed E-state index contributed by atoms with van der Waals surface area (Å²) < 4.78 is 29.7. The summed E-state index contributed by atoms with van der Waals surface area (Å²) in [6.45, 7) is 1.74. The number of nitrogens with one attached hydrogen (secondary N) is 1. The number of nitriles is 1. The van der Waals surface area contributed by atoms with Crippen LogP contribution in [0.2, 0.25) is 0 Å². The van der Waals surface area contributed by atoms with Crippen LogP contribution in [0.5, 0.6) is 0 Å². The first-order valence-corrected chi connectivity index (χ1v) is 9.86. The minimum Gasteiger partial charge on any atom is -0.263 e. The first-order valence-electron chi connectivity index (χ1n) is 8.38. The van der Waals surface area contributed by atoms with Crippen LogP contribution >= 0.6 is 0 Å². The van der Waals surface area contributed by atoms with Crippen molar-refractivity contribution in [1.29, 1.82) is 5.26 Å². The summed E-state index contributed by atoms with van der Waals surface area (Å²) in [5, 5.41) is 13.2. The summed E-state index contributed by atoms with van der Waals surface area (Å²) in [7, 11) is -3.77. The first kappa shape index (κ1) is 16.5. The van der Waals surface area contributed by atoms with Gasteiger partial charge in [-0.3, -0.25) is 4.72 Å². The highest BCUT2D eigenvalue weighted by molar-refractivity contribution is 7.92. The zero-order chi connectivity index (χ0) is 18.3. The predicted molar refractivity (Wildman–Crippen MR) is 96.3 cm³/mol. The topological polar surface area (TPSA) is 100 Å². The second-order valence-corrected chi connectivity index (χ2v) is 8.11. The van der Waals surface area contributed by atoms with Gasteiger partial charge in [-0.05, 0) is 55.9 Å². The molecular weight excluding hydrogens is 350 g/mol. The van der Waals surface area contributed by atoms with Gasteiger partial charge >= 0.3 is 0 Å². The van der Waals surface area contributed by atoms with Crippen molar-refractivity contribution < 1.29 is 8.42 Å². The lowest BCUT2D eigenvalue weighted by Gasteiger charge is -2.17. The lowest BCUT2D eigenvalue weighted by molar-refractivity contribution is 0.600. The minimum atomic E-state index is -3.77. The van der Waals surface area contributed by atoms with Crippen LogP contribution in [-0.4, -0.2) is 23.0 Å². The maximum absolute atomic E-state index is 12.9. The Kier molecular flexibility index (Phi) is 3.89. The normalized spacial score (nSPS) is 14.0. The monoisotopic (exact) mass is 367 g/mol. The van der Waals surface area contributed by atoms with E-state index in [1.165, 1.54) is 16.3 Å². The average Bonchev–Trinajstić information content (AvgIpc) is 3.04. The molecule has 132 valence electrons. The van der Waals surface area contributed by atoms with E-state index in [0.717, 1.165) is 31.2 Å². The molecule has 7 nitrogen and oxygen atoms in total. The highest BCUT2D eigenvalue weighted by Gasteiger charge is 2.20. The van der Waals surface area contributed by atoms with E-state index in [9.17, 15) is 8.42 Å². The van der Waals surface area contributed by atoms with Crippen LogP contribution < -0.4 is 4.72 Å². The van der Waals surface area contributed by atoms with Gasteiger partial charge in [0.05, 0.1) is 11.1 Å². The predicted octanol–water partition coefficient (Wildman–Crippen LogP) is 2.59. The van der Waals surface area contributed by atoms with Crippen molar-refractivity contribution in [1.82, 2.24) is 14.6 Å². The number of sulfonamides is 1. The summed E-state index contributed by atoms with van der Waals surface area (Å²) in [6.07, 6.45) is 5.50. The summed E-state index contributed by atoms with van der Waals surface area (Å²) in [5.74, 6) is 0.256. The molecule has 0 radical (unpaired) electrons. The largest absolute Gasteiger partial charge is 0.263 e. The van der Waals surface area contributed by atoms with Gasteiger partial charge in [-0.2, -0.15) is 14.9 Å². The standard InChI is InChI=1S/C18H17N5O2S/c1-12-8-17(23-18(21-12)15(10-19)11-20-23)22-26(24,25)16-7-6-13-4-2-3-5-14(13)9-16/h6-9,11,22H,2-5H2,1H3. The number of hydrogen-bond acceptors (Lipinski definition) is 5. The SMILES string of the molecule is Cc1cc(NS(=O)(=O)c2ccc3c(c2)CCCC3)n2ncc(C#N)c2n1. The fourth-order valence-corrected chi connectivity index (χ4v) is 4.39. The molecule has 1 aliphatic carbocycles. The van der Waals surface area contributed by atoms with E-state index in [2.05, 4.69) is 14.8 Å². The molecule has 0 atom stereocenters. The Hall–Kier alpha value is -2.92. The van der Waals surface area contributed by atoms with E-state index in [4.69, 9.17) is 5.26 Å². The molecule has 0 saturated carbocycles. The number of benzene rings is 1. The molecule has 26 heavy (non-hydrogen) atoms. The number of aromatic nitrogens is 3. The van der Waals surface area contributed by atoms with Crippen LogP contribution in [-0.2, 0) is 22.9 Å². The third-order valence-electron chi connectivity index (χ3n) is 4.59. The van der Waals surface area contributed by atoms with Crippen molar-refractivity contribution in [3.63, 3.8) is 0 Å². The number of rotatable bonds is 3. The van der Waals surface area contributed by atoms with Crippen LogP contribution in [0.1, 0.15) is 35.2 Å². The van der Waals surface area contributed by atoms with Crippen molar-refractivity contribution >= 4 is 21.5 Å². The van der Waals surface area contributed by atoms with E-state index < -0.39 is 10.0 Å².